The zero-order valence-electron chi connectivity index (χ0n) is 12.1. The highest BCUT2D eigenvalue weighted by Crippen LogP contribution is 2.28. The summed E-state index contributed by atoms with van der Waals surface area (Å²) in [5.74, 6) is 0.189. The molecule has 1 saturated carbocycles. The summed E-state index contributed by atoms with van der Waals surface area (Å²) >= 11 is 5.96. The van der Waals surface area contributed by atoms with E-state index in [1.807, 2.05) is 7.05 Å². The molecule has 0 atom stereocenters. The molecule has 6 heteroatoms. The molecule has 2 rings (SSSR count). The van der Waals surface area contributed by atoms with Gasteiger partial charge >= 0.3 is 6.61 Å². The Hall–Kier alpha value is -0.910. The SMILES string of the molecule is CN(Cc1cc(Cl)ccc1OC(F)F)C1CCC(N)CC1. The first-order valence-electron chi connectivity index (χ1n) is 7.14. The Labute approximate surface area is 129 Å². The second-order valence-corrected chi connectivity index (χ2v) is 6.05. The van der Waals surface area contributed by atoms with Gasteiger partial charge in [0.05, 0.1) is 0 Å². The lowest BCUT2D eigenvalue weighted by Crippen LogP contribution is -2.38. The number of hydrogen-bond donors (Lipinski definition) is 1. The first kappa shape index (κ1) is 16.5. The average Bonchev–Trinajstić information content (AvgIpc) is 2.42. The van der Waals surface area contributed by atoms with Gasteiger partial charge in [0, 0.05) is 29.2 Å². The van der Waals surface area contributed by atoms with Crippen molar-refractivity contribution in [2.45, 2.75) is 50.9 Å². The van der Waals surface area contributed by atoms with Crippen molar-refractivity contribution in [2.24, 2.45) is 5.73 Å². The fourth-order valence-electron chi connectivity index (χ4n) is 2.82. The van der Waals surface area contributed by atoms with Gasteiger partial charge in [-0.1, -0.05) is 11.6 Å². The zero-order valence-corrected chi connectivity index (χ0v) is 12.8. The highest BCUT2D eigenvalue weighted by molar-refractivity contribution is 6.30. The zero-order chi connectivity index (χ0) is 15.4. The summed E-state index contributed by atoms with van der Waals surface area (Å²) in [7, 11) is 1.99. The van der Waals surface area contributed by atoms with Crippen LogP contribution in [0.25, 0.3) is 0 Å². The van der Waals surface area contributed by atoms with E-state index in [0.29, 0.717) is 29.2 Å². The van der Waals surface area contributed by atoms with Crippen molar-refractivity contribution < 1.29 is 13.5 Å². The van der Waals surface area contributed by atoms with E-state index in [0.717, 1.165) is 25.7 Å². The molecule has 0 saturated heterocycles. The first-order valence-corrected chi connectivity index (χ1v) is 7.52. The van der Waals surface area contributed by atoms with Gasteiger partial charge in [0.1, 0.15) is 5.75 Å². The van der Waals surface area contributed by atoms with Crippen LogP contribution >= 0.6 is 11.6 Å². The number of ether oxygens (including phenoxy) is 1. The van der Waals surface area contributed by atoms with E-state index >= 15 is 0 Å². The molecule has 0 aliphatic heterocycles. The number of benzene rings is 1. The van der Waals surface area contributed by atoms with Crippen molar-refractivity contribution in [1.82, 2.24) is 4.90 Å². The van der Waals surface area contributed by atoms with Crippen LogP contribution in [0.5, 0.6) is 5.75 Å². The lowest BCUT2D eigenvalue weighted by Gasteiger charge is -2.33. The molecule has 1 fully saturated rings. The van der Waals surface area contributed by atoms with Crippen molar-refractivity contribution in [3.8, 4) is 5.75 Å². The summed E-state index contributed by atoms with van der Waals surface area (Å²) in [6.07, 6.45) is 4.07. The molecule has 1 aliphatic rings. The first-order chi connectivity index (χ1) is 9.95. The van der Waals surface area contributed by atoms with Gasteiger partial charge in [0.25, 0.3) is 0 Å². The molecule has 1 aromatic rings. The van der Waals surface area contributed by atoms with Crippen molar-refractivity contribution in [1.29, 1.82) is 0 Å². The highest BCUT2D eigenvalue weighted by atomic mass is 35.5. The minimum Gasteiger partial charge on any atom is -0.434 e. The van der Waals surface area contributed by atoms with E-state index in [2.05, 4.69) is 9.64 Å². The van der Waals surface area contributed by atoms with Gasteiger partial charge in [-0.15, -0.1) is 0 Å². The molecule has 0 bridgehead atoms. The molecule has 1 aliphatic carbocycles. The topological polar surface area (TPSA) is 38.5 Å². The average molecular weight is 319 g/mol. The molecule has 0 heterocycles. The Kier molecular flexibility index (Phi) is 5.79. The van der Waals surface area contributed by atoms with Gasteiger partial charge in [-0.05, 0) is 50.9 Å². The van der Waals surface area contributed by atoms with E-state index in [4.69, 9.17) is 17.3 Å². The second kappa shape index (κ2) is 7.38. The largest absolute Gasteiger partial charge is 0.434 e. The molecular formula is C15H21ClF2N2O. The molecule has 118 valence electrons. The summed E-state index contributed by atoms with van der Waals surface area (Å²) in [6, 6.07) is 5.45. The summed E-state index contributed by atoms with van der Waals surface area (Å²) in [5, 5.41) is 0.519. The maximum absolute atomic E-state index is 12.5. The number of hydrogen-bond acceptors (Lipinski definition) is 3. The lowest BCUT2D eigenvalue weighted by atomic mass is 9.91. The minimum absolute atomic E-state index is 0.189. The molecule has 1 aromatic carbocycles. The predicted molar refractivity (Wildman–Crippen MR) is 79.8 cm³/mol. The van der Waals surface area contributed by atoms with Crippen molar-refractivity contribution in [3.05, 3.63) is 28.8 Å². The van der Waals surface area contributed by atoms with Gasteiger partial charge in [0.2, 0.25) is 0 Å². The molecule has 2 N–H and O–H groups in total. The number of nitrogens with zero attached hydrogens (tertiary/aromatic N) is 1. The normalized spacial score (nSPS) is 22.8. The predicted octanol–water partition coefficient (Wildman–Crippen LogP) is 3.64. The highest BCUT2D eigenvalue weighted by Gasteiger charge is 2.23. The summed E-state index contributed by atoms with van der Waals surface area (Å²) < 4.78 is 29.5. The van der Waals surface area contributed by atoms with Crippen LogP contribution in [0.2, 0.25) is 5.02 Å². The number of halogens is 3. The monoisotopic (exact) mass is 318 g/mol. The van der Waals surface area contributed by atoms with Crippen molar-refractivity contribution in [2.75, 3.05) is 7.05 Å². The van der Waals surface area contributed by atoms with Crippen LogP contribution in [-0.4, -0.2) is 30.6 Å². The van der Waals surface area contributed by atoms with Crippen LogP contribution < -0.4 is 10.5 Å². The molecule has 0 spiro atoms. The van der Waals surface area contributed by atoms with E-state index in [-0.39, 0.29) is 5.75 Å². The molecule has 21 heavy (non-hydrogen) atoms. The standard InChI is InChI=1S/C15H21ClF2N2O/c1-20(13-5-3-12(19)4-6-13)9-10-8-11(16)2-7-14(10)21-15(17)18/h2,7-8,12-13,15H,3-6,9,19H2,1H3. The van der Waals surface area contributed by atoms with Gasteiger partial charge in [-0.2, -0.15) is 8.78 Å². The van der Waals surface area contributed by atoms with Crippen LogP contribution in [0, 0.1) is 0 Å². The summed E-state index contributed by atoms with van der Waals surface area (Å²) in [6.45, 7) is -2.30. The molecule has 3 nitrogen and oxygen atoms in total. The Morgan fingerprint density at radius 1 is 1.33 bits per heavy atom. The molecule has 0 aromatic heterocycles. The van der Waals surface area contributed by atoms with Gasteiger partial charge in [-0.3, -0.25) is 4.90 Å². The Morgan fingerprint density at radius 3 is 2.62 bits per heavy atom. The molecular weight excluding hydrogens is 298 g/mol. The fraction of sp³-hybridized carbons (Fsp3) is 0.600. The van der Waals surface area contributed by atoms with Gasteiger partial charge < -0.3 is 10.5 Å². The van der Waals surface area contributed by atoms with E-state index < -0.39 is 6.61 Å². The van der Waals surface area contributed by atoms with Crippen molar-refractivity contribution in [3.63, 3.8) is 0 Å². The molecule has 0 unspecified atom stereocenters. The van der Waals surface area contributed by atoms with Crippen LogP contribution in [0.4, 0.5) is 8.78 Å². The minimum atomic E-state index is -2.83. The number of nitrogens with two attached hydrogens (primary N) is 1. The Balaban J connectivity index is 2.05. The maximum Gasteiger partial charge on any atom is 0.387 e. The second-order valence-electron chi connectivity index (χ2n) is 5.61. The van der Waals surface area contributed by atoms with Gasteiger partial charge in [0.15, 0.2) is 0 Å². The molecule has 0 amide bonds. The summed E-state index contributed by atoms with van der Waals surface area (Å²) in [5.41, 5.74) is 6.59. The van der Waals surface area contributed by atoms with Crippen molar-refractivity contribution >= 4 is 11.6 Å². The van der Waals surface area contributed by atoms with Crippen LogP contribution in [0.3, 0.4) is 0 Å². The maximum atomic E-state index is 12.5. The lowest BCUT2D eigenvalue weighted by molar-refractivity contribution is -0.0508. The van der Waals surface area contributed by atoms with Crippen LogP contribution in [0.15, 0.2) is 18.2 Å². The third kappa shape index (κ3) is 4.80. The summed E-state index contributed by atoms with van der Waals surface area (Å²) in [4.78, 5) is 2.16. The van der Waals surface area contributed by atoms with Gasteiger partial charge in [-0.25, -0.2) is 0 Å². The van der Waals surface area contributed by atoms with Crippen LogP contribution in [-0.2, 0) is 6.54 Å². The number of rotatable bonds is 5. The van der Waals surface area contributed by atoms with Crippen LogP contribution in [0.1, 0.15) is 31.2 Å². The molecule has 0 radical (unpaired) electrons. The third-order valence-corrected chi connectivity index (χ3v) is 4.26. The smallest absolute Gasteiger partial charge is 0.387 e. The fourth-order valence-corrected chi connectivity index (χ4v) is 3.02. The Morgan fingerprint density at radius 2 is 2.00 bits per heavy atom. The van der Waals surface area contributed by atoms with E-state index in [1.54, 1.807) is 12.1 Å². The van der Waals surface area contributed by atoms with E-state index in [9.17, 15) is 8.78 Å². The third-order valence-electron chi connectivity index (χ3n) is 4.02. The Bertz CT molecular complexity index is 465. The quantitative estimate of drug-likeness (QED) is 0.900. The van der Waals surface area contributed by atoms with E-state index in [1.165, 1.54) is 6.07 Å². The number of alkyl halides is 2.